The van der Waals surface area contributed by atoms with Gasteiger partial charge in [0.15, 0.2) is 0 Å². The highest BCUT2D eigenvalue weighted by Gasteiger charge is 2.30. The number of rotatable bonds is 2. The first-order valence-corrected chi connectivity index (χ1v) is 8.92. The van der Waals surface area contributed by atoms with Crippen molar-refractivity contribution in [3.8, 4) is 11.1 Å². The van der Waals surface area contributed by atoms with Crippen molar-refractivity contribution in [1.29, 1.82) is 0 Å². The maximum atomic E-state index is 12.2. The fourth-order valence-corrected chi connectivity index (χ4v) is 4.12. The largest absolute Gasteiger partial charge is 0.382 e. The zero-order chi connectivity index (χ0) is 17.6. The maximum absolute atomic E-state index is 12.2. The van der Waals surface area contributed by atoms with Crippen molar-refractivity contribution < 1.29 is 9.59 Å². The molecule has 2 unspecified atom stereocenters. The zero-order valence-electron chi connectivity index (χ0n) is 13.9. The van der Waals surface area contributed by atoms with E-state index in [1.165, 1.54) is 11.3 Å². The normalized spacial score (nSPS) is 22.3. The summed E-state index contributed by atoms with van der Waals surface area (Å²) in [5.41, 5.74) is 5.22. The van der Waals surface area contributed by atoms with E-state index in [1.807, 2.05) is 18.2 Å². The molecule has 2 amide bonds. The summed E-state index contributed by atoms with van der Waals surface area (Å²) in [5.74, 6) is -0.850. The number of anilines is 1. The molecule has 2 aliphatic rings. The van der Waals surface area contributed by atoms with Gasteiger partial charge in [0.25, 0.3) is 0 Å². The first kappa shape index (κ1) is 16.2. The Kier molecular flexibility index (Phi) is 4.00. The number of hydrogen-bond donors (Lipinski definition) is 2. The second kappa shape index (κ2) is 6.19. The number of piperidine rings is 1. The number of fused-ring (bicyclic) bond motifs is 1. The average Bonchev–Trinajstić information content (AvgIpc) is 2.95. The molecule has 4 rings (SSSR count). The molecule has 1 saturated heterocycles. The number of benzene rings is 2. The van der Waals surface area contributed by atoms with Gasteiger partial charge in [0.05, 0.1) is 10.9 Å². The van der Waals surface area contributed by atoms with Crippen LogP contribution in [0.25, 0.3) is 11.1 Å². The van der Waals surface area contributed by atoms with Crippen molar-refractivity contribution in [1.82, 2.24) is 5.32 Å². The Morgan fingerprint density at radius 2 is 2.00 bits per heavy atom. The van der Waals surface area contributed by atoms with E-state index in [4.69, 9.17) is 11.6 Å². The Morgan fingerprint density at radius 1 is 1.16 bits per heavy atom. The molecular weight excluding hydrogens is 336 g/mol. The van der Waals surface area contributed by atoms with Crippen LogP contribution >= 0.6 is 11.6 Å². The highest BCUT2D eigenvalue weighted by Crippen LogP contribution is 2.39. The molecular formula is C20H19ClN2O2. The number of nitrogens with one attached hydrogen (secondary N) is 2. The minimum atomic E-state index is -0.374. The number of carbonyl (C=O) groups excluding carboxylic acids is 2. The lowest BCUT2D eigenvalue weighted by molar-refractivity contribution is -0.134. The highest BCUT2D eigenvalue weighted by atomic mass is 35.5. The second-order valence-electron chi connectivity index (χ2n) is 6.83. The van der Waals surface area contributed by atoms with Crippen molar-refractivity contribution in [2.24, 2.45) is 0 Å². The van der Waals surface area contributed by atoms with Crippen LogP contribution in [-0.2, 0) is 16.0 Å². The molecule has 2 N–H and O–H groups in total. The minimum Gasteiger partial charge on any atom is -0.382 e. The van der Waals surface area contributed by atoms with Gasteiger partial charge in [-0.15, -0.1) is 0 Å². The van der Waals surface area contributed by atoms with Crippen molar-refractivity contribution in [2.45, 2.75) is 38.1 Å². The summed E-state index contributed by atoms with van der Waals surface area (Å²) in [6.07, 6.45) is 1.84. The first-order valence-electron chi connectivity index (χ1n) is 8.55. The van der Waals surface area contributed by atoms with Crippen LogP contribution in [0.15, 0.2) is 36.4 Å². The molecule has 0 radical (unpaired) electrons. The summed E-state index contributed by atoms with van der Waals surface area (Å²) in [7, 11) is 0. The second-order valence-corrected chi connectivity index (χ2v) is 7.21. The predicted molar refractivity (Wildman–Crippen MR) is 98.8 cm³/mol. The van der Waals surface area contributed by atoms with Crippen molar-refractivity contribution >= 4 is 29.1 Å². The Morgan fingerprint density at radius 3 is 2.80 bits per heavy atom. The number of carbonyl (C=O) groups is 2. The molecule has 2 aliphatic heterocycles. The summed E-state index contributed by atoms with van der Waals surface area (Å²) >= 11 is 6.68. The molecule has 2 atom stereocenters. The Labute approximate surface area is 151 Å². The Balaban J connectivity index is 1.72. The summed E-state index contributed by atoms with van der Waals surface area (Å²) in [4.78, 5) is 23.6. The van der Waals surface area contributed by atoms with E-state index in [-0.39, 0.29) is 17.7 Å². The van der Waals surface area contributed by atoms with Crippen LogP contribution in [0.5, 0.6) is 0 Å². The number of halogens is 1. The Hall–Kier alpha value is -2.33. The summed E-state index contributed by atoms with van der Waals surface area (Å²) in [5, 5.41) is 6.45. The van der Waals surface area contributed by atoms with E-state index in [0.717, 1.165) is 23.1 Å². The van der Waals surface area contributed by atoms with E-state index in [9.17, 15) is 9.59 Å². The molecule has 2 heterocycles. The third-order valence-corrected chi connectivity index (χ3v) is 5.41. The molecule has 2 aromatic carbocycles. The van der Waals surface area contributed by atoms with Gasteiger partial charge < -0.3 is 5.32 Å². The van der Waals surface area contributed by atoms with Crippen LogP contribution in [0, 0.1) is 0 Å². The minimum absolute atomic E-state index is 0.214. The number of hydrogen-bond acceptors (Lipinski definition) is 3. The van der Waals surface area contributed by atoms with Gasteiger partial charge in [-0.25, -0.2) is 0 Å². The van der Waals surface area contributed by atoms with Crippen LogP contribution in [-0.4, -0.2) is 17.9 Å². The van der Waals surface area contributed by atoms with Gasteiger partial charge in [-0.05, 0) is 48.6 Å². The lowest BCUT2D eigenvalue weighted by atomic mass is 9.88. The molecule has 0 aliphatic carbocycles. The molecule has 0 bridgehead atoms. The average molecular weight is 355 g/mol. The summed E-state index contributed by atoms with van der Waals surface area (Å²) < 4.78 is 0. The van der Waals surface area contributed by atoms with Gasteiger partial charge in [0.1, 0.15) is 0 Å². The van der Waals surface area contributed by atoms with E-state index in [1.54, 1.807) is 0 Å². The molecule has 4 nitrogen and oxygen atoms in total. The lowest BCUT2D eigenvalue weighted by Gasteiger charge is -2.23. The van der Waals surface area contributed by atoms with Crippen LogP contribution in [0.1, 0.15) is 36.8 Å². The van der Waals surface area contributed by atoms with Crippen molar-refractivity contribution in [2.75, 3.05) is 5.32 Å². The SMILES string of the molecule is CC1Cc2cc(-c3cccc(C4CCC(=O)NC4=O)c3Cl)ccc2N1. The van der Waals surface area contributed by atoms with Crippen molar-refractivity contribution in [3.05, 3.63) is 52.5 Å². The smallest absolute Gasteiger partial charge is 0.234 e. The fourth-order valence-electron chi connectivity index (χ4n) is 3.75. The van der Waals surface area contributed by atoms with Gasteiger partial charge >= 0.3 is 0 Å². The number of amides is 2. The first-order chi connectivity index (χ1) is 12.0. The van der Waals surface area contributed by atoms with Gasteiger partial charge in [-0.3, -0.25) is 14.9 Å². The molecule has 0 saturated carbocycles. The molecule has 2 aromatic rings. The van der Waals surface area contributed by atoms with Gasteiger partial charge in [-0.2, -0.15) is 0 Å². The van der Waals surface area contributed by atoms with Gasteiger partial charge in [0.2, 0.25) is 11.8 Å². The molecule has 1 fully saturated rings. The molecule has 0 aromatic heterocycles. The summed E-state index contributed by atoms with van der Waals surface area (Å²) in [6, 6.07) is 12.5. The standard InChI is InChI=1S/C20H19ClN2O2/c1-11-9-13-10-12(5-7-17(13)22-11)14-3-2-4-15(19(14)21)16-6-8-18(24)23-20(16)25/h2-5,7,10-11,16,22H,6,8-9H2,1H3,(H,23,24,25). The Bertz CT molecular complexity index is 878. The van der Waals surface area contributed by atoms with E-state index >= 15 is 0 Å². The third-order valence-electron chi connectivity index (χ3n) is 4.99. The number of imide groups is 1. The van der Waals surface area contributed by atoms with E-state index < -0.39 is 0 Å². The quantitative estimate of drug-likeness (QED) is 0.804. The molecule has 0 spiro atoms. The van der Waals surface area contributed by atoms with Crippen LogP contribution < -0.4 is 10.6 Å². The lowest BCUT2D eigenvalue weighted by Crippen LogP contribution is -2.39. The third kappa shape index (κ3) is 2.91. The van der Waals surface area contributed by atoms with Gasteiger partial charge in [-0.1, -0.05) is 35.9 Å². The van der Waals surface area contributed by atoms with E-state index in [2.05, 4.69) is 35.8 Å². The van der Waals surface area contributed by atoms with Crippen LogP contribution in [0.3, 0.4) is 0 Å². The zero-order valence-corrected chi connectivity index (χ0v) is 14.7. The summed E-state index contributed by atoms with van der Waals surface area (Å²) in [6.45, 7) is 2.16. The van der Waals surface area contributed by atoms with E-state index in [0.29, 0.717) is 23.9 Å². The van der Waals surface area contributed by atoms with Crippen LogP contribution in [0.4, 0.5) is 5.69 Å². The van der Waals surface area contributed by atoms with Gasteiger partial charge in [0, 0.05) is 23.7 Å². The topological polar surface area (TPSA) is 58.2 Å². The maximum Gasteiger partial charge on any atom is 0.234 e. The molecule has 128 valence electrons. The van der Waals surface area contributed by atoms with Crippen LogP contribution in [0.2, 0.25) is 5.02 Å². The predicted octanol–water partition coefficient (Wildman–Crippen LogP) is 3.88. The monoisotopic (exact) mass is 354 g/mol. The molecule has 5 heteroatoms. The molecule has 25 heavy (non-hydrogen) atoms. The fraction of sp³-hybridized carbons (Fsp3) is 0.300. The highest BCUT2D eigenvalue weighted by molar-refractivity contribution is 6.34. The van der Waals surface area contributed by atoms with Crippen molar-refractivity contribution in [3.63, 3.8) is 0 Å².